The lowest BCUT2D eigenvalue weighted by molar-refractivity contribution is -0.137. The minimum Gasteiger partial charge on any atom is -0.492 e. The third kappa shape index (κ3) is 4.28. The molecule has 1 heterocycles. The minimum atomic E-state index is -0.316. The number of nitrogens with zero attached hydrogens (tertiary/aromatic N) is 2. The molecule has 3 aromatic carbocycles. The quantitative estimate of drug-likeness (QED) is 0.518. The second-order valence-electron chi connectivity index (χ2n) is 7.92. The summed E-state index contributed by atoms with van der Waals surface area (Å²) in [4.78, 5) is 29.9. The van der Waals surface area contributed by atoms with Crippen LogP contribution in [0.15, 0.2) is 84.6 Å². The van der Waals surface area contributed by atoms with Gasteiger partial charge in [0.25, 0.3) is 11.8 Å². The maximum Gasteiger partial charge on any atom is 0.278 e. The molecular weight excluding hydrogens is 400 g/mol. The van der Waals surface area contributed by atoms with Crippen LogP contribution in [0.2, 0.25) is 0 Å². The zero-order chi connectivity index (χ0) is 22.7. The fraction of sp³-hybridized carbons (Fsp3) is 0.185. The number of likely N-dealkylation sites (N-methyl/N-ethyl adjacent to an activating group) is 1. The second kappa shape index (κ2) is 9.10. The molecule has 4 rings (SSSR count). The van der Waals surface area contributed by atoms with Gasteiger partial charge in [-0.3, -0.25) is 14.5 Å². The highest BCUT2D eigenvalue weighted by Gasteiger charge is 2.40. The summed E-state index contributed by atoms with van der Waals surface area (Å²) in [5.41, 5.74) is 4.56. The first-order valence-corrected chi connectivity index (χ1v) is 10.6. The zero-order valence-corrected chi connectivity index (χ0v) is 18.5. The summed E-state index contributed by atoms with van der Waals surface area (Å²) in [7, 11) is 1.81. The van der Waals surface area contributed by atoms with E-state index in [1.807, 2.05) is 93.7 Å². The van der Waals surface area contributed by atoms with Crippen LogP contribution >= 0.6 is 0 Å². The van der Waals surface area contributed by atoms with Crippen molar-refractivity contribution in [3.8, 4) is 5.75 Å². The Hall–Kier alpha value is -3.86. The van der Waals surface area contributed by atoms with Gasteiger partial charge in [-0.05, 0) is 54.8 Å². The molecule has 5 heteroatoms. The maximum absolute atomic E-state index is 13.4. The van der Waals surface area contributed by atoms with Crippen molar-refractivity contribution < 1.29 is 14.3 Å². The first-order valence-electron chi connectivity index (χ1n) is 10.6. The van der Waals surface area contributed by atoms with Crippen LogP contribution in [-0.2, 0) is 9.59 Å². The van der Waals surface area contributed by atoms with E-state index in [0.717, 1.165) is 28.1 Å². The van der Waals surface area contributed by atoms with Crippen LogP contribution in [-0.4, -0.2) is 36.9 Å². The number of hydrogen-bond donors (Lipinski definition) is 0. The standard InChI is InChI=1S/C27H26N2O3/c1-19-16-20(2)18-23(17-19)32-15-14-29-26(30)24(21-10-6-4-7-11-21)25(27(29)31)28(3)22-12-8-5-9-13-22/h4-13,16-18H,14-15H2,1-3H3. The SMILES string of the molecule is Cc1cc(C)cc(OCCN2C(=O)C(c3ccccc3)=C(N(C)c3ccccc3)C2=O)c1. The highest BCUT2D eigenvalue weighted by atomic mass is 16.5. The molecule has 0 atom stereocenters. The third-order valence-corrected chi connectivity index (χ3v) is 5.46. The number of hydrogen-bond acceptors (Lipinski definition) is 4. The molecule has 32 heavy (non-hydrogen) atoms. The first kappa shape index (κ1) is 21.4. The summed E-state index contributed by atoms with van der Waals surface area (Å²) in [6, 6.07) is 24.9. The molecule has 0 unspecified atom stereocenters. The van der Waals surface area contributed by atoms with Gasteiger partial charge in [0, 0.05) is 12.7 Å². The van der Waals surface area contributed by atoms with Crippen LogP contribution in [0.25, 0.3) is 5.57 Å². The van der Waals surface area contributed by atoms with Gasteiger partial charge >= 0.3 is 0 Å². The molecule has 3 aromatic rings. The van der Waals surface area contributed by atoms with Crippen molar-refractivity contribution in [2.75, 3.05) is 25.1 Å². The largest absolute Gasteiger partial charge is 0.492 e. The normalized spacial score (nSPS) is 13.7. The number of carbonyl (C=O) groups is 2. The Balaban J connectivity index is 1.60. The van der Waals surface area contributed by atoms with Gasteiger partial charge in [0.2, 0.25) is 0 Å². The topological polar surface area (TPSA) is 49.9 Å². The van der Waals surface area contributed by atoms with Crippen LogP contribution in [0.4, 0.5) is 5.69 Å². The van der Waals surface area contributed by atoms with E-state index in [1.54, 1.807) is 4.90 Å². The predicted octanol–water partition coefficient (Wildman–Crippen LogP) is 4.60. The Bertz CT molecular complexity index is 1150. The van der Waals surface area contributed by atoms with Crippen molar-refractivity contribution in [3.63, 3.8) is 0 Å². The van der Waals surface area contributed by atoms with E-state index in [1.165, 1.54) is 4.90 Å². The number of anilines is 1. The molecule has 0 fully saturated rings. The Morgan fingerprint density at radius 2 is 1.41 bits per heavy atom. The van der Waals surface area contributed by atoms with Crippen molar-refractivity contribution in [2.24, 2.45) is 0 Å². The molecule has 0 saturated carbocycles. The summed E-state index contributed by atoms with van der Waals surface area (Å²) in [5.74, 6) is 0.117. The van der Waals surface area contributed by atoms with Crippen LogP contribution < -0.4 is 9.64 Å². The van der Waals surface area contributed by atoms with Gasteiger partial charge < -0.3 is 9.64 Å². The van der Waals surface area contributed by atoms with Crippen molar-refractivity contribution in [1.82, 2.24) is 4.90 Å². The van der Waals surface area contributed by atoms with Crippen LogP contribution in [0, 0.1) is 13.8 Å². The van der Waals surface area contributed by atoms with E-state index in [2.05, 4.69) is 6.07 Å². The molecule has 0 radical (unpaired) electrons. The number of imide groups is 1. The van der Waals surface area contributed by atoms with Crippen LogP contribution in [0.5, 0.6) is 5.75 Å². The van der Waals surface area contributed by atoms with Gasteiger partial charge in [-0.1, -0.05) is 54.6 Å². The summed E-state index contributed by atoms with van der Waals surface area (Å²) >= 11 is 0. The van der Waals surface area contributed by atoms with Crippen molar-refractivity contribution in [3.05, 3.63) is 101 Å². The monoisotopic (exact) mass is 426 g/mol. The van der Waals surface area contributed by atoms with Gasteiger partial charge in [0.05, 0.1) is 12.1 Å². The van der Waals surface area contributed by atoms with Crippen molar-refractivity contribution in [2.45, 2.75) is 13.8 Å². The number of aryl methyl sites for hydroxylation is 2. The average molecular weight is 427 g/mol. The van der Waals surface area contributed by atoms with Gasteiger partial charge in [-0.15, -0.1) is 0 Å². The first-order chi connectivity index (χ1) is 15.5. The highest BCUT2D eigenvalue weighted by Crippen LogP contribution is 2.33. The van der Waals surface area contributed by atoms with Gasteiger partial charge in [0.15, 0.2) is 0 Å². The van der Waals surface area contributed by atoms with Gasteiger partial charge in [-0.2, -0.15) is 0 Å². The number of carbonyl (C=O) groups excluding carboxylic acids is 2. The number of rotatable bonds is 7. The lowest BCUT2D eigenvalue weighted by Gasteiger charge is -2.21. The Morgan fingerprint density at radius 3 is 2.03 bits per heavy atom. The molecule has 0 aliphatic carbocycles. The third-order valence-electron chi connectivity index (χ3n) is 5.46. The fourth-order valence-corrected chi connectivity index (χ4v) is 3.99. The molecule has 0 bridgehead atoms. The molecule has 162 valence electrons. The summed E-state index contributed by atoms with van der Waals surface area (Å²) in [5, 5.41) is 0. The van der Waals surface area contributed by atoms with Crippen molar-refractivity contribution in [1.29, 1.82) is 0 Å². The summed E-state index contributed by atoms with van der Waals surface area (Å²) in [6.45, 7) is 4.42. The number of amides is 2. The molecule has 0 aromatic heterocycles. The molecule has 1 aliphatic heterocycles. The average Bonchev–Trinajstić information content (AvgIpc) is 3.04. The number of para-hydroxylation sites is 1. The van der Waals surface area contributed by atoms with Gasteiger partial charge in [0.1, 0.15) is 18.1 Å². The van der Waals surface area contributed by atoms with E-state index in [-0.39, 0.29) is 25.0 Å². The second-order valence-corrected chi connectivity index (χ2v) is 7.92. The van der Waals surface area contributed by atoms with Crippen LogP contribution in [0.3, 0.4) is 0 Å². The molecule has 2 amide bonds. The Morgan fingerprint density at radius 1 is 0.812 bits per heavy atom. The molecule has 0 spiro atoms. The zero-order valence-electron chi connectivity index (χ0n) is 18.5. The summed E-state index contributed by atoms with van der Waals surface area (Å²) in [6.07, 6.45) is 0. The molecule has 0 saturated heterocycles. The smallest absolute Gasteiger partial charge is 0.278 e. The highest BCUT2D eigenvalue weighted by molar-refractivity contribution is 6.36. The van der Waals surface area contributed by atoms with Crippen LogP contribution in [0.1, 0.15) is 16.7 Å². The van der Waals surface area contributed by atoms with E-state index in [9.17, 15) is 9.59 Å². The molecule has 5 nitrogen and oxygen atoms in total. The molecular formula is C27H26N2O3. The lowest BCUT2D eigenvalue weighted by atomic mass is 10.0. The number of ether oxygens (including phenoxy) is 1. The fourth-order valence-electron chi connectivity index (χ4n) is 3.99. The summed E-state index contributed by atoms with van der Waals surface area (Å²) < 4.78 is 5.87. The van der Waals surface area contributed by atoms with E-state index < -0.39 is 0 Å². The minimum absolute atomic E-state index is 0.174. The molecule has 0 N–H and O–H groups in total. The Kier molecular flexibility index (Phi) is 6.08. The lowest BCUT2D eigenvalue weighted by Crippen LogP contribution is -2.37. The predicted molar refractivity (Wildman–Crippen MR) is 126 cm³/mol. The Labute approximate surface area is 188 Å². The molecule has 1 aliphatic rings. The van der Waals surface area contributed by atoms with Gasteiger partial charge in [-0.25, -0.2) is 0 Å². The van der Waals surface area contributed by atoms with E-state index >= 15 is 0 Å². The van der Waals surface area contributed by atoms with E-state index in [0.29, 0.717) is 11.3 Å². The van der Waals surface area contributed by atoms with Crippen molar-refractivity contribution >= 4 is 23.1 Å². The number of benzene rings is 3. The van der Waals surface area contributed by atoms with E-state index in [4.69, 9.17) is 4.74 Å². The maximum atomic E-state index is 13.4.